The fourth-order valence-electron chi connectivity index (χ4n) is 18.1. The largest absolute Gasteiger partial charge is 1.00 e. The minimum Gasteiger partial charge on any atom is -1.00 e. The van der Waals surface area contributed by atoms with E-state index in [4.69, 9.17) is 0 Å². The Morgan fingerprint density at radius 1 is 0.279 bits per heavy atom. The summed E-state index contributed by atoms with van der Waals surface area (Å²) in [4.78, 5) is 4.91. The molecule has 0 spiro atoms. The smallest absolute Gasteiger partial charge is 0.762 e. The predicted octanol–water partition coefficient (Wildman–Crippen LogP) is 17.4. The van der Waals surface area contributed by atoms with Gasteiger partial charge in [-0.1, -0.05) is 309 Å². The average molecular weight is 1810 g/mol. The summed E-state index contributed by atoms with van der Waals surface area (Å²) >= 11 is 0. The van der Waals surface area contributed by atoms with Gasteiger partial charge >= 0.3 is 15.1 Å². The molecule has 0 saturated heterocycles. The lowest BCUT2D eigenvalue weighted by atomic mass is 9.92. The van der Waals surface area contributed by atoms with Crippen LogP contribution in [0.3, 0.4) is 0 Å². The Morgan fingerprint density at radius 2 is 0.550 bits per heavy atom. The molecule has 0 fully saturated rings. The van der Waals surface area contributed by atoms with Gasteiger partial charge in [-0.25, -0.2) is 37.2 Å². The van der Waals surface area contributed by atoms with Crippen molar-refractivity contribution in [3.63, 3.8) is 0 Å². The van der Waals surface area contributed by atoms with Crippen molar-refractivity contribution in [2.45, 2.75) is 248 Å². The van der Waals surface area contributed by atoms with Crippen molar-refractivity contribution < 1.29 is 78.4 Å². The van der Waals surface area contributed by atoms with Gasteiger partial charge in [0.25, 0.3) is 12.7 Å². The number of nitrogens with zero attached hydrogens (tertiary/aromatic N) is 8. The highest BCUT2D eigenvalue weighted by molar-refractivity contribution is 6.33. The number of aromatic nitrogens is 4. The van der Waals surface area contributed by atoms with E-state index in [-0.39, 0.29) is 34.2 Å². The van der Waals surface area contributed by atoms with E-state index < -0.39 is 15.1 Å². The minimum atomic E-state index is -3.67. The van der Waals surface area contributed by atoms with E-state index in [9.17, 15) is 25.9 Å². The monoisotopic (exact) mass is 1810 g/mol. The van der Waals surface area contributed by atoms with E-state index >= 15 is 0 Å². The first kappa shape index (κ1) is 111. The molecule has 10 aromatic carbocycles. The molecule has 0 N–H and O–H groups in total. The number of anilines is 2. The van der Waals surface area contributed by atoms with E-state index in [1.165, 1.54) is 173 Å². The van der Waals surface area contributed by atoms with Gasteiger partial charge in [-0.3, -0.25) is 25.9 Å². The summed E-state index contributed by atoms with van der Waals surface area (Å²) in [7, 11) is -7.33. The molecule has 0 radical (unpaired) electrons. The summed E-state index contributed by atoms with van der Waals surface area (Å²) in [6, 6.07) is 64.2. The Morgan fingerprint density at radius 3 is 0.899 bits per heavy atom. The second kappa shape index (κ2) is 50.8. The van der Waals surface area contributed by atoms with Crippen LogP contribution in [-0.2, 0) is 0 Å². The maximum absolute atomic E-state index is 9.67. The number of hydrogen-bond donors (Lipinski definition) is 0. The van der Waals surface area contributed by atoms with Gasteiger partial charge in [0.05, 0.1) is 0 Å². The third-order valence-corrected chi connectivity index (χ3v) is 23.3. The molecule has 0 bridgehead atoms. The summed E-state index contributed by atoms with van der Waals surface area (Å²) in [6.07, 6.45) is 17.8. The molecule has 14 rings (SSSR count). The normalized spacial score (nSPS) is 11.9. The summed E-state index contributed by atoms with van der Waals surface area (Å²) in [5, 5.41) is 0. The average Bonchev–Trinajstić information content (AvgIpc) is 1.64. The third-order valence-electron chi connectivity index (χ3n) is 23.3. The molecule has 0 aliphatic carbocycles. The number of para-hydroxylation sites is 4. The van der Waals surface area contributed by atoms with Gasteiger partial charge in [0.2, 0.25) is 12.7 Å². The molecule has 2 aliphatic rings. The van der Waals surface area contributed by atoms with E-state index in [0.29, 0.717) is 47.3 Å². The quantitative estimate of drug-likeness (QED) is 0.0517. The van der Waals surface area contributed by atoms with E-state index in [0.717, 1.165) is 26.2 Å². The summed E-state index contributed by atoms with van der Waals surface area (Å²) in [5.41, 5.74) is 42.1. The van der Waals surface area contributed by atoms with Crippen LogP contribution in [0.1, 0.15) is 275 Å². The Labute approximate surface area is 781 Å². The maximum atomic E-state index is 9.67. The molecule has 692 valence electrons. The molecule has 0 atom stereocenters. The Hall–Kier alpha value is -10.3. The number of benzene rings is 10. The Bertz CT molecular complexity index is 5310. The van der Waals surface area contributed by atoms with E-state index in [2.05, 4.69) is 458 Å². The predicted molar refractivity (Wildman–Crippen MR) is 521 cm³/mol. The second-order valence-corrected chi connectivity index (χ2v) is 36.5. The van der Waals surface area contributed by atoms with Crippen LogP contribution in [0.5, 0.6) is 0 Å². The molecule has 2 aromatic heterocycles. The van der Waals surface area contributed by atoms with Crippen LogP contribution in [0.25, 0.3) is 33.9 Å². The van der Waals surface area contributed by atoms with E-state index in [1.54, 1.807) is 0 Å². The first-order valence-electron chi connectivity index (χ1n) is 44.8. The van der Waals surface area contributed by atoms with Crippen molar-refractivity contribution >= 4 is 50.5 Å². The Kier molecular flexibility index (Phi) is 43.7. The fourth-order valence-corrected chi connectivity index (χ4v) is 18.1. The zero-order valence-corrected chi connectivity index (χ0v) is 83.3. The van der Waals surface area contributed by atoms with Crippen LogP contribution in [0, 0.1) is 90.0 Å². The van der Waals surface area contributed by atoms with Crippen molar-refractivity contribution in [2.24, 2.45) is 0 Å². The van der Waals surface area contributed by atoms with Crippen LogP contribution in [-0.4, -0.2) is 72.2 Å². The molecular weight excluding hydrogens is 1670 g/mol. The highest BCUT2D eigenvalue weighted by Gasteiger charge is 2.33. The Balaban J connectivity index is 0.000000333. The van der Waals surface area contributed by atoms with Crippen LogP contribution >= 0.6 is 0 Å². The van der Waals surface area contributed by atoms with Crippen molar-refractivity contribution in [3.05, 3.63) is 330 Å². The van der Waals surface area contributed by atoms with Gasteiger partial charge in [0.1, 0.15) is 96.5 Å². The fraction of sp³-hybridized carbons (Fsp3) is 0.376. The van der Waals surface area contributed by atoms with Crippen molar-refractivity contribution in [2.75, 3.05) is 36.0 Å². The van der Waals surface area contributed by atoms with Crippen LogP contribution in [0.15, 0.2) is 213 Å². The van der Waals surface area contributed by atoms with Crippen molar-refractivity contribution in [1.82, 2.24) is 9.13 Å². The third kappa shape index (κ3) is 29.1. The SMILES string of the molecule is CC(C)c1cccc(C(C)C)c1-n1cc[n+](-c2c(C(C)C)cccc2C(C)C)c1.CC(C)c1cccc(C(C)C)c1N1C=[N+](c2c(C(C)C)cccc2C(C)C)CC1.Cc1cc(C)c(-n2cc[n+](-c3c(C)cc(C)cc3C)c2)c(C)c1.Cc1cc(C)c(N2C=[N+](c3c(C)cc(C)cc3C)CC2)c(C)c1.Cc1ccccc1-c1ccccc1.FB(F)F.FB(F)F.[Cl-].[Cl-].[F-].[F-]. The molecule has 129 heavy (non-hydrogen) atoms. The first-order valence-corrected chi connectivity index (χ1v) is 44.8. The minimum absolute atomic E-state index is 0. The molecule has 8 nitrogen and oxygen atoms in total. The van der Waals surface area contributed by atoms with Gasteiger partial charge in [0.15, 0.2) is 0 Å². The van der Waals surface area contributed by atoms with Crippen LogP contribution in [0.4, 0.5) is 48.6 Å². The van der Waals surface area contributed by atoms with Crippen LogP contribution in [0.2, 0.25) is 0 Å². The van der Waals surface area contributed by atoms with Crippen molar-refractivity contribution in [1.29, 1.82) is 0 Å². The first-order chi connectivity index (χ1) is 59.0. The molecule has 0 amide bonds. The zero-order valence-electron chi connectivity index (χ0n) is 81.8. The topological polar surface area (TPSA) is 30.1 Å². The van der Waals surface area contributed by atoms with Gasteiger partial charge < -0.3 is 34.2 Å². The molecule has 20 heteroatoms. The summed E-state index contributed by atoms with van der Waals surface area (Å²) in [6.45, 7) is 69.3. The lowest BCUT2D eigenvalue weighted by molar-refractivity contribution is -0.596. The number of hydrogen-bond acceptors (Lipinski definition) is 2. The van der Waals surface area contributed by atoms with Crippen molar-refractivity contribution in [3.8, 4) is 33.9 Å². The van der Waals surface area contributed by atoms with Gasteiger partial charge in [-0.2, -0.15) is 0 Å². The number of aryl methyl sites for hydroxylation is 13. The highest BCUT2D eigenvalue weighted by atomic mass is 35.5. The maximum Gasteiger partial charge on any atom is 0.762 e. The molecular formula is C109H140B2Cl2F8N8. The number of rotatable bonds is 17. The van der Waals surface area contributed by atoms with Gasteiger partial charge in [-0.05, 0) is 199 Å². The second-order valence-electron chi connectivity index (χ2n) is 36.5. The molecule has 0 unspecified atom stereocenters. The zero-order chi connectivity index (χ0) is 92.3. The van der Waals surface area contributed by atoms with Crippen LogP contribution < -0.4 is 53.2 Å². The molecule has 2 aliphatic heterocycles. The van der Waals surface area contributed by atoms with Gasteiger partial charge in [-0.15, -0.1) is 0 Å². The summed E-state index contributed by atoms with van der Waals surface area (Å²) in [5.74, 6) is 3.98. The number of imidazole rings is 2. The van der Waals surface area contributed by atoms with Gasteiger partial charge in [0, 0.05) is 44.5 Å². The lowest BCUT2D eigenvalue weighted by Crippen LogP contribution is -3.00. The lowest BCUT2D eigenvalue weighted by Gasteiger charge is -2.20. The molecule has 12 aromatic rings. The standard InChI is InChI=1S/C27H39N2.C27H37N2.C21H27N2.C21H25N2.C13H12.2BF3.2ClH.2FH/c2*1-18(2)22-11-9-12-23(19(3)4)26(22)28-15-16-29(17-28)27-24(20(5)6)13-10-14-25(27)21(7)8;2*1-14-9-16(3)20(17(4)10-14)22-7-8-23(13-22)21-18(5)11-15(2)12-19(21)6;1-11-7-5-6-10-13(11)12-8-3-2-4-9-12;2*2-1(3)4;;;;/h9-14,17-21H,15-16H2,1-8H3;9-21H,1-8H3;9-13H,7-8H2,1-6H3;7-13H,1-6H3;2-10H,1H3;;;4*1H/q4*+1;;;;;;;/p-4. The molecule has 4 heterocycles. The highest BCUT2D eigenvalue weighted by Crippen LogP contribution is 2.41. The number of halogens is 10. The van der Waals surface area contributed by atoms with E-state index in [1.807, 2.05) is 6.07 Å². The summed E-state index contributed by atoms with van der Waals surface area (Å²) < 4.78 is 72.0. The molecule has 0 saturated carbocycles.